The van der Waals surface area contributed by atoms with Crippen LogP contribution in [0, 0.1) is 0 Å². The fourth-order valence-electron chi connectivity index (χ4n) is 1.68. The highest BCUT2D eigenvalue weighted by molar-refractivity contribution is 9.11. The Kier molecular flexibility index (Phi) is 6.65. The summed E-state index contributed by atoms with van der Waals surface area (Å²) < 4.78 is 6.93. The average Bonchev–Trinajstić information content (AvgIpc) is 2.27. The molecule has 1 amide bonds. The van der Waals surface area contributed by atoms with E-state index in [1.165, 1.54) is 0 Å². The van der Waals surface area contributed by atoms with E-state index in [1.807, 2.05) is 6.92 Å². The Bertz CT molecular complexity index is 429. The summed E-state index contributed by atoms with van der Waals surface area (Å²) in [5, 5.41) is 2.88. The van der Waals surface area contributed by atoms with Gasteiger partial charge in [0.05, 0.1) is 8.95 Å². The lowest BCUT2D eigenvalue weighted by Crippen LogP contribution is -2.36. The first-order chi connectivity index (χ1) is 8.93. The normalized spacial score (nSPS) is 12.0. The predicted molar refractivity (Wildman–Crippen MR) is 84.3 cm³/mol. The molecule has 0 aliphatic carbocycles. The molecule has 0 saturated carbocycles. The molecule has 0 aliphatic heterocycles. The lowest BCUT2D eigenvalue weighted by atomic mass is 10.2. The SMILES string of the molecule is CCCC(C)NC(=O)COc1c(Br)cc(N)cc1Br. The van der Waals surface area contributed by atoms with Crippen LogP contribution in [0.15, 0.2) is 21.1 Å². The van der Waals surface area contributed by atoms with Crippen molar-refractivity contribution >= 4 is 43.5 Å². The summed E-state index contributed by atoms with van der Waals surface area (Å²) in [6.07, 6.45) is 2.00. The number of nitrogen functional groups attached to an aromatic ring is 1. The largest absolute Gasteiger partial charge is 0.481 e. The topological polar surface area (TPSA) is 64.3 Å². The number of nitrogens with one attached hydrogen (secondary N) is 1. The molecule has 0 heterocycles. The number of amides is 1. The van der Waals surface area contributed by atoms with Crippen LogP contribution < -0.4 is 15.8 Å². The Morgan fingerprint density at radius 1 is 1.42 bits per heavy atom. The monoisotopic (exact) mass is 392 g/mol. The highest BCUT2D eigenvalue weighted by Crippen LogP contribution is 2.35. The van der Waals surface area contributed by atoms with Crippen LogP contribution >= 0.6 is 31.9 Å². The van der Waals surface area contributed by atoms with Gasteiger partial charge in [-0.05, 0) is 57.3 Å². The number of anilines is 1. The van der Waals surface area contributed by atoms with Crippen molar-refractivity contribution in [2.75, 3.05) is 12.3 Å². The van der Waals surface area contributed by atoms with Gasteiger partial charge in [0.15, 0.2) is 6.61 Å². The van der Waals surface area contributed by atoms with E-state index in [1.54, 1.807) is 12.1 Å². The molecular formula is C13H18Br2N2O2. The van der Waals surface area contributed by atoms with Gasteiger partial charge in [0.1, 0.15) is 5.75 Å². The van der Waals surface area contributed by atoms with Gasteiger partial charge < -0.3 is 15.8 Å². The fourth-order valence-corrected chi connectivity index (χ4v) is 3.13. The van der Waals surface area contributed by atoms with Crippen molar-refractivity contribution in [3.63, 3.8) is 0 Å². The number of halogens is 2. The molecule has 0 radical (unpaired) electrons. The Labute approximate surface area is 130 Å². The van der Waals surface area contributed by atoms with Crippen molar-refractivity contribution in [3.8, 4) is 5.75 Å². The van der Waals surface area contributed by atoms with E-state index in [0.717, 1.165) is 12.8 Å². The average molecular weight is 394 g/mol. The summed E-state index contributed by atoms with van der Waals surface area (Å²) in [6.45, 7) is 4.05. The molecule has 0 spiro atoms. The summed E-state index contributed by atoms with van der Waals surface area (Å²) in [5.41, 5.74) is 6.31. The maximum Gasteiger partial charge on any atom is 0.258 e. The van der Waals surface area contributed by atoms with Crippen LogP contribution in [0.4, 0.5) is 5.69 Å². The molecular weight excluding hydrogens is 376 g/mol. The van der Waals surface area contributed by atoms with E-state index in [2.05, 4.69) is 44.1 Å². The van der Waals surface area contributed by atoms with Crippen LogP contribution in [0.2, 0.25) is 0 Å². The number of nitrogens with two attached hydrogens (primary N) is 1. The third-order valence-corrected chi connectivity index (χ3v) is 3.68. The van der Waals surface area contributed by atoms with Crippen LogP contribution in [0.1, 0.15) is 26.7 Å². The third kappa shape index (κ3) is 5.40. The van der Waals surface area contributed by atoms with Gasteiger partial charge >= 0.3 is 0 Å². The second kappa shape index (κ2) is 7.75. The first kappa shape index (κ1) is 16.3. The lowest BCUT2D eigenvalue weighted by molar-refractivity contribution is -0.123. The quantitative estimate of drug-likeness (QED) is 0.727. The van der Waals surface area contributed by atoms with Crippen LogP contribution in [-0.2, 0) is 4.79 Å². The van der Waals surface area contributed by atoms with Gasteiger partial charge in [-0.25, -0.2) is 0 Å². The molecule has 1 atom stereocenters. The summed E-state index contributed by atoms with van der Waals surface area (Å²) in [4.78, 5) is 11.7. The molecule has 1 unspecified atom stereocenters. The minimum Gasteiger partial charge on any atom is -0.481 e. The van der Waals surface area contributed by atoms with Gasteiger partial charge in [-0.2, -0.15) is 0 Å². The minimum atomic E-state index is -0.128. The number of carbonyl (C=O) groups excluding carboxylic acids is 1. The zero-order valence-corrected chi connectivity index (χ0v) is 14.2. The molecule has 0 aliphatic rings. The van der Waals surface area contributed by atoms with Crippen LogP contribution in [0.3, 0.4) is 0 Å². The Morgan fingerprint density at radius 3 is 2.53 bits per heavy atom. The summed E-state index contributed by atoms with van der Waals surface area (Å²) >= 11 is 6.71. The van der Waals surface area contributed by atoms with Gasteiger partial charge in [-0.1, -0.05) is 13.3 Å². The standard InChI is InChI=1S/C13H18Br2N2O2/c1-3-4-8(2)17-12(18)7-19-13-10(14)5-9(16)6-11(13)15/h5-6,8H,3-4,7,16H2,1-2H3,(H,17,18). The van der Waals surface area contributed by atoms with Crippen molar-refractivity contribution in [2.24, 2.45) is 0 Å². The van der Waals surface area contributed by atoms with E-state index >= 15 is 0 Å². The van der Waals surface area contributed by atoms with E-state index in [0.29, 0.717) is 20.4 Å². The number of benzene rings is 1. The van der Waals surface area contributed by atoms with Crippen LogP contribution in [0.25, 0.3) is 0 Å². The highest BCUT2D eigenvalue weighted by atomic mass is 79.9. The van der Waals surface area contributed by atoms with E-state index in [-0.39, 0.29) is 18.6 Å². The second-order valence-electron chi connectivity index (χ2n) is 4.36. The maximum absolute atomic E-state index is 11.7. The summed E-state index contributed by atoms with van der Waals surface area (Å²) in [7, 11) is 0. The van der Waals surface area contributed by atoms with E-state index in [4.69, 9.17) is 10.5 Å². The molecule has 3 N–H and O–H groups in total. The van der Waals surface area contributed by atoms with Crippen molar-refractivity contribution in [2.45, 2.75) is 32.7 Å². The third-order valence-electron chi connectivity index (χ3n) is 2.50. The van der Waals surface area contributed by atoms with Gasteiger partial charge in [-0.3, -0.25) is 4.79 Å². The molecule has 1 aromatic carbocycles. The number of rotatable bonds is 6. The Hall–Kier alpha value is -0.750. The number of carbonyl (C=O) groups is 1. The number of hydrogen-bond donors (Lipinski definition) is 2. The predicted octanol–water partition coefficient (Wildman–Crippen LogP) is 3.48. The molecule has 106 valence electrons. The van der Waals surface area contributed by atoms with Crippen LogP contribution in [-0.4, -0.2) is 18.6 Å². The highest BCUT2D eigenvalue weighted by Gasteiger charge is 2.11. The molecule has 0 bridgehead atoms. The smallest absolute Gasteiger partial charge is 0.258 e. The zero-order valence-electron chi connectivity index (χ0n) is 11.0. The molecule has 1 rings (SSSR count). The van der Waals surface area contributed by atoms with E-state index < -0.39 is 0 Å². The second-order valence-corrected chi connectivity index (χ2v) is 6.07. The van der Waals surface area contributed by atoms with Crippen molar-refractivity contribution in [3.05, 3.63) is 21.1 Å². The Balaban J connectivity index is 2.55. The Morgan fingerprint density at radius 2 is 2.00 bits per heavy atom. The maximum atomic E-state index is 11.7. The summed E-state index contributed by atoms with van der Waals surface area (Å²) in [6, 6.07) is 3.63. The molecule has 19 heavy (non-hydrogen) atoms. The van der Waals surface area contributed by atoms with E-state index in [9.17, 15) is 4.79 Å². The van der Waals surface area contributed by atoms with Gasteiger partial charge in [0.25, 0.3) is 5.91 Å². The first-order valence-electron chi connectivity index (χ1n) is 6.10. The summed E-state index contributed by atoms with van der Waals surface area (Å²) in [5.74, 6) is 0.448. The molecule has 0 saturated heterocycles. The van der Waals surface area contributed by atoms with Crippen molar-refractivity contribution in [1.29, 1.82) is 0 Å². The zero-order chi connectivity index (χ0) is 14.4. The lowest BCUT2D eigenvalue weighted by Gasteiger charge is -2.14. The number of ether oxygens (including phenoxy) is 1. The minimum absolute atomic E-state index is 0.0187. The number of hydrogen-bond acceptors (Lipinski definition) is 3. The van der Waals surface area contributed by atoms with Crippen molar-refractivity contribution < 1.29 is 9.53 Å². The van der Waals surface area contributed by atoms with Crippen LogP contribution in [0.5, 0.6) is 5.75 Å². The van der Waals surface area contributed by atoms with Gasteiger partial charge in [-0.15, -0.1) is 0 Å². The molecule has 6 heteroatoms. The molecule has 0 fully saturated rings. The van der Waals surface area contributed by atoms with Gasteiger partial charge in [0.2, 0.25) is 0 Å². The first-order valence-corrected chi connectivity index (χ1v) is 7.69. The fraction of sp³-hybridized carbons (Fsp3) is 0.462. The van der Waals surface area contributed by atoms with Crippen molar-refractivity contribution in [1.82, 2.24) is 5.32 Å². The molecule has 1 aromatic rings. The molecule has 4 nitrogen and oxygen atoms in total. The van der Waals surface area contributed by atoms with Gasteiger partial charge in [0, 0.05) is 11.7 Å². The molecule has 0 aromatic heterocycles.